The van der Waals surface area contributed by atoms with Crippen molar-refractivity contribution >= 4 is 17.3 Å². The molecule has 1 amide bonds. The van der Waals surface area contributed by atoms with Gasteiger partial charge in [0.25, 0.3) is 5.91 Å². The first kappa shape index (κ1) is 13.7. The lowest BCUT2D eigenvalue weighted by Gasteiger charge is -2.34. The molecule has 3 N–H and O–H groups in total. The van der Waals surface area contributed by atoms with Crippen molar-refractivity contribution in [3.05, 3.63) is 23.8 Å². The fraction of sp³-hybridized carbons (Fsp3) is 0.533. The van der Waals surface area contributed by atoms with Gasteiger partial charge in [0.2, 0.25) is 0 Å². The van der Waals surface area contributed by atoms with Crippen LogP contribution in [0.25, 0.3) is 0 Å². The van der Waals surface area contributed by atoms with Crippen LogP contribution < -0.4 is 16.0 Å². The second kappa shape index (κ2) is 5.11. The summed E-state index contributed by atoms with van der Waals surface area (Å²) < 4.78 is 0. The van der Waals surface area contributed by atoms with Gasteiger partial charge in [0.1, 0.15) is 0 Å². The van der Waals surface area contributed by atoms with Gasteiger partial charge in [-0.05, 0) is 51.8 Å². The Morgan fingerprint density at radius 1 is 1.47 bits per heavy atom. The molecule has 1 heterocycles. The largest absolute Gasteiger partial charge is 0.397 e. The molecule has 0 spiro atoms. The van der Waals surface area contributed by atoms with Crippen LogP contribution in [0.1, 0.15) is 44.0 Å². The zero-order valence-corrected chi connectivity index (χ0v) is 12.0. The molecular weight excluding hydrogens is 238 g/mol. The van der Waals surface area contributed by atoms with Crippen LogP contribution in [0.15, 0.2) is 18.2 Å². The van der Waals surface area contributed by atoms with E-state index in [1.807, 2.05) is 19.1 Å². The second-order valence-corrected chi connectivity index (χ2v) is 5.70. The molecule has 0 radical (unpaired) electrons. The minimum absolute atomic E-state index is 0.0410. The highest BCUT2D eigenvalue weighted by molar-refractivity contribution is 5.96. The molecule has 0 unspecified atom stereocenters. The molecular formula is C15H23N3O. The standard InChI is InChI=1S/C15H23N3O/c1-4-17-14(19)11-6-7-12(16)13(10-11)18-9-5-8-15(18,2)3/h6-7,10H,4-5,8-9,16H2,1-3H3,(H,17,19). The molecule has 1 aliphatic rings. The average Bonchev–Trinajstić information content (AvgIpc) is 2.70. The molecule has 1 aromatic rings. The number of hydrogen-bond acceptors (Lipinski definition) is 3. The first-order chi connectivity index (χ1) is 8.95. The van der Waals surface area contributed by atoms with Crippen LogP contribution in [0.5, 0.6) is 0 Å². The summed E-state index contributed by atoms with van der Waals surface area (Å²) in [5, 5.41) is 2.82. The van der Waals surface area contributed by atoms with Crippen LogP contribution in [0.3, 0.4) is 0 Å². The molecule has 0 saturated carbocycles. The van der Waals surface area contributed by atoms with Crippen LogP contribution in [0.4, 0.5) is 11.4 Å². The monoisotopic (exact) mass is 261 g/mol. The van der Waals surface area contributed by atoms with Gasteiger partial charge in [-0.2, -0.15) is 0 Å². The fourth-order valence-corrected chi connectivity index (χ4v) is 2.74. The van der Waals surface area contributed by atoms with E-state index in [1.165, 1.54) is 0 Å². The molecule has 2 rings (SSSR count). The molecule has 1 fully saturated rings. The van der Waals surface area contributed by atoms with Crippen molar-refractivity contribution < 1.29 is 4.79 Å². The summed E-state index contributed by atoms with van der Waals surface area (Å²) >= 11 is 0. The van der Waals surface area contributed by atoms with E-state index in [2.05, 4.69) is 24.1 Å². The normalized spacial score (nSPS) is 17.5. The van der Waals surface area contributed by atoms with Crippen LogP contribution in [0, 0.1) is 0 Å². The zero-order chi connectivity index (χ0) is 14.0. The Morgan fingerprint density at radius 3 is 2.79 bits per heavy atom. The number of hydrogen-bond donors (Lipinski definition) is 2. The molecule has 0 bridgehead atoms. The van der Waals surface area contributed by atoms with E-state index in [9.17, 15) is 4.79 Å². The predicted molar refractivity (Wildman–Crippen MR) is 79.5 cm³/mol. The number of nitrogens with one attached hydrogen (secondary N) is 1. The van der Waals surface area contributed by atoms with Gasteiger partial charge < -0.3 is 16.0 Å². The first-order valence-corrected chi connectivity index (χ1v) is 6.91. The number of benzene rings is 1. The Morgan fingerprint density at radius 2 is 2.21 bits per heavy atom. The quantitative estimate of drug-likeness (QED) is 0.821. The molecule has 4 nitrogen and oxygen atoms in total. The van der Waals surface area contributed by atoms with Crippen LogP contribution >= 0.6 is 0 Å². The summed E-state index contributed by atoms with van der Waals surface area (Å²) in [4.78, 5) is 14.2. The van der Waals surface area contributed by atoms with Crippen molar-refractivity contribution in [2.24, 2.45) is 0 Å². The molecule has 1 saturated heterocycles. The lowest BCUT2D eigenvalue weighted by atomic mass is 10.0. The van der Waals surface area contributed by atoms with E-state index in [4.69, 9.17) is 5.73 Å². The highest BCUT2D eigenvalue weighted by atomic mass is 16.1. The fourth-order valence-electron chi connectivity index (χ4n) is 2.74. The Labute approximate surface area is 115 Å². The first-order valence-electron chi connectivity index (χ1n) is 6.91. The summed E-state index contributed by atoms with van der Waals surface area (Å²) in [5.41, 5.74) is 8.59. The third kappa shape index (κ3) is 2.67. The topological polar surface area (TPSA) is 58.4 Å². The van der Waals surface area contributed by atoms with Gasteiger partial charge in [-0.3, -0.25) is 4.79 Å². The number of amides is 1. The number of carbonyl (C=O) groups excluding carboxylic acids is 1. The molecule has 0 aliphatic carbocycles. The van der Waals surface area contributed by atoms with E-state index in [-0.39, 0.29) is 11.4 Å². The maximum Gasteiger partial charge on any atom is 0.251 e. The van der Waals surface area contributed by atoms with Crippen LogP contribution in [-0.2, 0) is 0 Å². The van der Waals surface area contributed by atoms with Gasteiger partial charge in [0.05, 0.1) is 11.4 Å². The van der Waals surface area contributed by atoms with Gasteiger partial charge in [0, 0.05) is 24.2 Å². The van der Waals surface area contributed by atoms with Crippen LogP contribution in [-0.4, -0.2) is 24.5 Å². The highest BCUT2D eigenvalue weighted by Crippen LogP contribution is 2.37. The van der Waals surface area contributed by atoms with E-state index >= 15 is 0 Å². The minimum atomic E-state index is -0.0410. The summed E-state index contributed by atoms with van der Waals surface area (Å²) in [5.74, 6) is -0.0410. The van der Waals surface area contributed by atoms with Crippen molar-refractivity contribution in [3.8, 4) is 0 Å². The average molecular weight is 261 g/mol. The van der Waals surface area contributed by atoms with Crippen molar-refractivity contribution in [2.75, 3.05) is 23.7 Å². The Hall–Kier alpha value is -1.71. The number of anilines is 2. The molecule has 1 aliphatic heterocycles. The Bertz CT molecular complexity index is 482. The van der Waals surface area contributed by atoms with Gasteiger partial charge in [-0.15, -0.1) is 0 Å². The lowest BCUT2D eigenvalue weighted by Crippen LogP contribution is -2.38. The highest BCUT2D eigenvalue weighted by Gasteiger charge is 2.33. The second-order valence-electron chi connectivity index (χ2n) is 5.70. The number of nitrogens with two attached hydrogens (primary N) is 1. The van der Waals surface area contributed by atoms with E-state index < -0.39 is 0 Å². The number of carbonyl (C=O) groups is 1. The molecule has 4 heteroatoms. The van der Waals surface area contributed by atoms with Gasteiger partial charge in [-0.1, -0.05) is 0 Å². The Kier molecular flexibility index (Phi) is 3.69. The van der Waals surface area contributed by atoms with Gasteiger partial charge in [0.15, 0.2) is 0 Å². The maximum atomic E-state index is 11.9. The smallest absolute Gasteiger partial charge is 0.251 e. The van der Waals surface area contributed by atoms with Crippen LogP contribution in [0.2, 0.25) is 0 Å². The van der Waals surface area contributed by atoms with Gasteiger partial charge >= 0.3 is 0 Å². The van der Waals surface area contributed by atoms with Crippen molar-refractivity contribution in [3.63, 3.8) is 0 Å². The predicted octanol–water partition coefficient (Wildman–Crippen LogP) is 2.40. The summed E-state index contributed by atoms with van der Waals surface area (Å²) in [6, 6.07) is 5.52. The lowest BCUT2D eigenvalue weighted by molar-refractivity contribution is 0.0956. The number of nitrogen functional groups attached to an aromatic ring is 1. The molecule has 1 aromatic carbocycles. The molecule has 19 heavy (non-hydrogen) atoms. The van der Waals surface area contributed by atoms with E-state index in [1.54, 1.807) is 6.07 Å². The molecule has 0 atom stereocenters. The van der Waals surface area contributed by atoms with E-state index in [0.717, 1.165) is 30.8 Å². The van der Waals surface area contributed by atoms with Gasteiger partial charge in [-0.25, -0.2) is 0 Å². The summed E-state index contributed by atoms with van der Waals surface area (Å²) in [6.45, 7) is 7.99. The number of rotatable bonds is 3. The summed E-state index contributed by atoms with van der Waals surface area (Å²) in [7, 11) is 0. The van der Waals surface area contributed by atoms with Crippen molar-refractivity contribution in [1.82, 2.24) is 5.32 Å². The minimum Gasteiger partial charge on any atom is -0.397 e. The van der Waals surface area contributed by atoms with Crippen molar-refractivity contribution in [2.45, 2.75) is 39.2 Å². The SMILES string of the molecule is CCNC(=O)c1ccc(N)c(N2CCCC2(C)C)c1. The zero-order valence-electron chi connectivity index (χ0n) is 12.0. The molecule has 104 valence electrons. The molecule has 0 aromatic heterocycles. The van der Waals surface area contributed by atoms with E-state index in [0.29, 0.717) is 12.1 Å². The number of nitrogens with zero attached hydrogens (tertiary/aromatic N) is 1. The van der Waals surface area contributed by atoms with Crippen molar-refractivity contribution in [1.29, 1.82) is 0 Å². The third-order valence-corrected chi connectivity index (χ3v) is 3.82. The third-order valence-electron chi connectivity index (χ3n) is 3.82. The maximum absolute atomic E-state index is 11.9. The Balaban J connectivity index is 2.35. The summed E-state index contributed by atoms with van der Waals surface area (Å²) in [6.07, 6.45) is 2.32.